The molecule has 15 heteroatoms. The van der Waals surface area contributed by atoms with E-state index in [9.17, 15) is 18.0 Å². The summed E-state index contributed by atoms with van der Waals surface area (Å²) in [6, 6.07) is 3.90. The molecule has 3 aromatic rings. The van der Waals surface area contributed by atoms with E-state index >= 15 is 0 Å². The van der Waals surface area contributed by atoms with Crippen LogP contribution < -0.4 is 20.0 Å². The van der Waals surface area contributed by atoms with Gasteiger partial charge in [-0.1, -0.05) is 34.6 Å². The van der Waals surface area contributed by atoms with E-state index < -0.39 is 12.1 Å². The first-order chi connectivity index (χ1) is 22.0. The maximum atomic E-state index is 13.9. The van der Waals surface area contributed by atoms with Crippen LogP contribution >= 0.6 is 0 Å². The van der Waals surface area contributed by atoms with Crippen LogP contribution in [0.1, 0.15) is 74.5 Å². The van der Waals surface area contributed by atoms with Crippen molar-refractivity contribution in [3.05, 3.63) is 40.0 Å². The van der Waals surface area contributed by atoms with Crippen LogP contribution in [0.25, 0.3) is 5.65 Å². The summed E-state index contributed by atoms with van der Waals surface area (Å²) in [4.78, 5) is 29.5. The molecule has 0 spiro atoms. The highest BCUT2D eigenvalue weighted by Crippen LogP contribution is 2.40. The molecule has 1 aliphatic heterocycles. The highest BCUT2D eigenvalue weighted by atomic mass is 19.4. The van der Waals surface area contributed by atoms with E-state index in [1.165, 1.54) is 0 Å². The molecule has 0 aliphatic carbocycles. The number of ketones is 1. The number of benzene rings is 1. The molecular weight excluding hydrogens is 621 g/mol. The van der Waals surface area contributed by atoms with Gasteiger partial charge in [-0.2, -0.15) is 17.7 Å². The zero-order valence-electron chi connectivity index (χ0n) is 28.5. The van der Waals surface area contributed by atoms with Crippen molar-refractivity contribution in [2.45, 2.75) is 85.5 Å². The molecule has 0 radical (unpaired) electrons. The molecule has 12 nitrogen and oxygen atoms in total. The van der Waals surface area contributed by atoms with Crippen LogP contribution in [-0.4, -0.2) is 89.0 Å². The van der Waals surface area contributed by atoms with Gasteiger partial charge in [0.1, 0.15) is 12.3 Å². The molecular formula is C32H45F3N6O6. The number of alkyl halides is 3. The second-order valence-electron chi connectivity index (χ2n) is 12.2. The van der Waals surface area contributed by atoms with Crippen molar-refractivity contribution < 1.29 is 42.1 Å². The van der Waals surface area contributed by atoms with Crippen LogP contribution in [0.5, 0.6) is 11.6 Å². The number of hydrogen-bond donors (Lipinski definition) is 1. The van der Waals surface area contributed by atoms with Gasteiger partial charge in [-0.15, -0.1) is 10.2 Å². The SMILES string of the molecule is CCC(CC)Oc1nn2/c(=N/C)n(CC(=O)c3cc(N4CCOCC4)c(OC)c(C(C)(C)C)c3)nc2c(C)c1C.O=C(O)C(F)(F)F. The van der Waals surface area contributed by atoms with Crippen molar-refractivity contribution >= 4 is 23.1 Å². The third-order valence-corrected chi connectivity index (χ3v) is 7.93. The topological polar surface area (TPSA) is 133 Å². The Morgan fingerprint density at radius 2 is 1.66 bits per heavy atom. The molecule has 0 saturated carbocycles. The molecule has 1 N–H and O–H groups in total. The monoisotopic (exact) mass is 666 g/mol. The fourth-order valence-corrected chi connectivity index (χ4v) is 5.08. The van der Waals surface area contributed by atoms with E-state index in [1.54, 1.807) is 23.4 Å². The maximum absolute atomic E-state index is 13.9. The molecule has 260 valence electrons. The summed E-state index contributed by atoms with van der Waals surface area (Å²) < 4.78 is 52.8. The number of halogens is 3. The third kappa shape index (κ3) is 8.62. The molecule has 2 aromatic heterocycles. The fraction of sp³-hybridized carbons (Fsp3) is 0.594. The molecule has 1 fully saturated rings. The number of Topliss-reactive ketones (excluding diaryl/α,β-unsaturated/α-hetero) is 1. The Labute approximate surface area is 272 Å². The van der Waals surface area contributed by atoms with E-state index in [2.05, 4.69) is 44.5 Å². The first kappa shape index (κ1) is 37.3. The smallest absolute Gasteiger partial charge is 0.490 e. The number of methoxy groups -OCH3 is 1. The number of ether oxygens (including phenoxy) is 3. The number of carboxylic acids is 1. The third-order valence-electron chi connectivity index (χ3n) is 7.93. The summed E-state index contributed by atoms with van der Waals surface area (Å²) >= 11 is 0. The summed E-state index contributed by atoms with van der Waals surface area (Å²) in [5, 5.41) is 16.7. The number of aliphatic carboxylic acids is 1. The standard InChI is InChI=1S/C30H44N6O4.C2HF3O2/c1-10-22(11-2)40-28-20(4)19(3)27-32-35(29(31-8)36(27)33-28)18-25(37)21-16-23(30(5,6)7)26(38-9)24(17-21)34-12-14-39-15-13-34;3-2(4,5)1(6)7/h16-17,22H,10-15,18H2,1-9H3;(H,6,7)/b31-29+;. The fourth-order valence-electron chi connectivity index (χ4n) is 5.08. The van der Waals surface area contributed by atoms with Crippen LogP contribution in [0.15, 0.2) is 17.1 Å². The number of aromatic nitrogens is 4. The number of carbonyl (C=O) groups is 2. The maximum Gasteiger partial charge on any atom is 0.490 e. The Hall–Kier alpha value is -4.14. The Morgan fingerprint density at radius 3 is 2.15 bits per heavy atom. The van der Waals surface area contributed by atoms with E-state index in [4.69, 9.17) is 34.3 Å². The van der Waals surface area contributed by atoms with E-state index in [1.807, 2.05) is 26.0 Å². The second kappa shape index (κ2) is 15.2. The molecule has 0 bridgehead atoms. The van der Waals surface area contributed by atoms with Gasteiger partial charge in [-0.05, 0) is 44.2 Å². The Morgan fingerprint density at radius 1 is 1.06 bits per heavy atom. The Bertz CT molecular complexity index is 1650. The summed E-state index contributed by atoms with van der Waals surface area (Å²) in [5.41, 5.74) is 5.30. The van der Waals surface area contributed by atoms with Crippen molar-refractivity contribution in [2.75, 3.05) is 45.4 Å². The highest BCUT2D eigenvalue weighted by Gasteiger charge is 2.38. The van der Waals surface area contributed by atoms with Crippen molar-refractivity contribution in [1.29, 1.82) is 0 Å². The number of hydrogen-bond acceptors (Lipinski definition) is 9. The first-order valence-electron chi connectivity index (χ1n) is 15.4. The molecule has 1 aromatic carbocycles. The van der Waals surface area contributed by atoms with Gasteiger partial charge in [0.2, 0.25) is 11.5 Å². The molecule has 4 rings (SSSR count). The molecule has 1 saturated heterocycles. The van der Waals surface area contributed by atoms with Gasteiger partial charge in [-0.3, -0.25) is 9.79 Å². The van der Waals surface area contributed by atoms with Crippen molar-refractivity contribution in [3.63, 3.8) is 0 Å². The molecule has 1 aliphatic rings. The molecule has 0 unspecified atom stereocenters. The van der Waals surface area contributed by atoms with Crippen LogP contribution in [-0.2, 0) is 21.5 Å². The van der Waals surface area contributed by atoms with Crippen molar-refractivity contribution in [3.8, 4) is 11.6 Å². The summed E-state index contributed by atoms with van der Waals surface area (Å²) in [6.45, 7) is 17.4. The number of carboxylic acid groups (broad SMARTS) is 1. The normalized spacial score (nSPS) is 14.3. The number of aryl methyl sites for hydroxylation is 1. The molecule has 0 amide bonds. The number of nitrogens with zero attached hydrogens (tertiary/aromatic N) is 6. The Balaban J connectivity index is 0.000000771. The van der Waals surface area contributed by atoms with Crippen LogP contribution in [0, 0.1) is 13.8 Å². The van der Waals surface area contributed by atoms with E-state index in [-0.39, 0.29) is 23.8 Å². The molecule has 47 heavy (non-hydrogen) atoms. The lowest BCUT2D eigenvalue weighted by atomic mass is 9.84. The zero-order valence-corrected chi connectivity index (χ0v) is 28.5. The predicted octanol–water partition coefficient (Wildman–Crippen LogP) is 4.90. The molecule has 0 atom stereocenters. The second-order valence-corrected chi connectivity index (χ2v) is 12.2. The van der Waals surface area contributed by atoms with Crippen molar-refractivity contribution in [1.82, 2.24) is 19.4 Å². The molecule has 3 heterocycles. The van der Waals surface area contributed by atoms with Crippen LogP contribution in [0.3, 0.4) is 0 Å². The number of fused-ring (bicyclic) bond motifs is 1. The summed E-state index contributed by atoms with van der Waals surface area (Å²) in [7, 11) is 3.38. The average molecular weight is 667 g/mol. The van der Waals surface area contributed by atoms with Gasteiger partial charge in [0, 0.05) is 42.4 Å². The van der Waals surface area contributed by atoms with Gasteiger partial charge in [0.05, 0.1) is 32.1 Å². The van der Waals surface area contributed by atoms with Crippen LogP contribution in [0.4, 0.5) is 18.9 Å². The number of anilines is 1. The lowest BCUT2D eigenvalue weighted by molar-refractivity contribution is -0.192. The van der Waals surface area contributed by atoms with Crippen molar-refractivity contribution in [2.24, 2.45) is 4.99 Å². The van der Waals surface area contributed by atoms with Gasteiger partial charge in [-0.25, -0.2) is 9.48 Å². The van der Waals surface area contributed by atoms with Crippen LogP contribution in [0.2, 0.25) is 0 Å². The summed E-state index contributed by atoms with van der Waals surface area (Å²) in [6.07, 6.45) is -3.22. The number of carbonyl (C=O) groups excluding carboxylic acids is 1. The minimum absolute atomic E-state index is 0.0235. The van der Waals surface area contributed by atoms with Gasteiger partial charge in [0.15, 0.2) is 11.4 Å². The number of morpholine rings is 1. The quantitative estimate of drug-likeness (QED) is 0.317. The minimum atomic E-state index is -5.08. The average Bonchev–Trinajstić information content (AvgIpc) is 3.37. The summed E-state index contributed by atoms with van der Waals surface area (Å²) in [5.74, 6) is -1.45. The number of rotatable bonds is 9. The van der Waals surface area contributed by atoms with E-state index in [0.29, 0.717) is 35.9 Å². The van der Waals surface area contributed by atoms with Gasteiger partial charge >= 0.3 is 12.1 Å². The minimum Gasteiger partial charge on any atom is -0.494 e. The lowest BCUT2D eigenvalue weighted by Gasteiger charge is -2.33. The largest absolute Gasteiger partial charge is 0.494 e. The van der Waals surface area contributed by atoms with Gasteiger partial charge in [0.25, 0.3) is 0 Å². The first-order valence-corrected chi connectivity index (χ1v) is 15.4. The Kier molecular flexibility index (Phi) is 12.1. The van der Waals surface area contributed by atoms with E-state index in [0.717, 1.165) is 54.1 Å². The zero-order chi connectivity index (χ0) is 35.3. The predicted molar refractivity (Wildman–Crippen MR) is 170 cm³/mol. The highest BCUT2D eigenvalue weighted by molar-refractivity contribution is 5.98. The van der Waals surface area contributed by atoms with Gasteiger partial charge < -0.3 is 24.2 Å². The lowest BCUT2D eigenvalue weighted by Crippen LogP contribution is -2.37.